The van der Waals surface area contributed by atoms with Crippen molar-refractivity contribution in [2.75, 3.05) is 12.4 Å². The number of hydrogen-bond donors (Lipinski definition) is 2. The van der Waals surface area contributed by atoms with Crippen LogP contribution in [-0.2, 0) is 4.79 Å². The van der Waals surface area contributed by atoms with E-state index < -0.39 is 5.97 Å². The maximum Gasteiger partial charge on any atom is 0.308 e. The van der Waals surface area contributed by atoms with Crippen LogP contribution in [0.15, 0.2) is 12.1 Å². The van der Waals surface area contributed by atoms with Crippen LogP contribution in [-0.4, -0.2) is 38.8 Å². The molecule has 3 fully saturated rings. The van der Waals surface area contributed by atoms with Gasteiger partial charge in [0.1, 0.15) is 5.52 Å². The largest absolute Gasteiger partial charge is 0.481 e. The Hall–Kier alpha value is -2.02. The summed E-state index contributed by atoms with van der Waals surface area (Å²) in [7, 11) is 1.56. The second kappa shape index (κ2) is 5.81. The van der Waals surface area contributed by atoms with Crippen molar-refractivity contribution in [2.24, 2.45) is 17.8 Å². The van der Waals surface area contributed by atoms with Crippen LogP contribution in [0.4, 0.5) is 5.82 Å². The average Bonchev–Trinajstić information content (AvgIpc) is 2.98. The SMILES string of the molecule is COc1ccc2c(N[C@H]3C4CCC(CC4)[C@@H]3C(=O)O)nc(Cl)nn12. The van der Waals surface area contributed by atoms with E-state index >= 15 is 0 Å². The molecule has 3 aliphatic rings. The number of aliphatic carboxylic acids is 1. The molecule has 2 bridgehead atoms. The van der Waals surface area contributed by atoms with Gasteiger partial charge >= 0.3 is 5.97 Å². The number of nitrogens with zero attached hydrogens (tertiary/aromatic N) is 3. The highest BCUT2D eigenvalue weighted by Gasteiger charge is 2.47. The minimum atomic E-state index is -0.731. The molecule has 2 aromatic rings. The van der Waals surface area contributed by atoms with Crippen LogP contribution < -0.4 is 10.1 Å². The Bertz CT molecular complexity index is 785. The first kappa shape index (κ1) is 15.5. The summed E-state index contributed by atoms with van der Waals surface area (Å²) in [6.45, 7) is 0. The van der Waals surface area contributed by atoms with Gasteiger partial charge < -0.3 is 15.2 Å². The van der Waals surface area contributed by atoms with Crippen molar-refractivity contribution in [3.63, 3.8) is 0 Å². The van der Waals surface area contributed by atoms with Crippen LogP contribution in [0.3, 0.4) is 0 Å². The molecule has 0 unspecified atom stereocenters. The Kier molecular flexibility index (Phi) is 3.75. The number of ether oxygens (including phenoxy) is 1. The zero-order valence-corrected chi connectivity index (χ0v) is 14.0. The predicted molar refractivity (Wildman–Crippen MR) is 88.5 cm³/mol. The van der Waals surface area contributed by atoms with Gasteiger partial charge in [-0.2, -0.15) is 9.50 Å². The number of carboxylic acids is 1. The van der Waals surface area contributed by atoms with Crippen molar-refractivity contribution in [2.45, 2.75) is 31.7 Å². The Balaban J connectivity index is 1.73. The number of halogens is 1. The molecule has 2 atom stereocenters. The zero-order chi connectivity index (χ0) is 16.8. The number of nitrogens with one attached hydrogen (secondary N) is 1. The zero-order valence-electron chi connectivity index (χ0n) is 13.3. The standard InChI is InChI=1S/C16H19ClN4O3/c1-24-11-7-6-10-14(19-16(17)20-21(10)11)18-13-9-4-2-8(3-5-9)12(13)15(22)23/h6-9,12-13H,2-5H2,1H3,(H,22,23)(H,18,19,20)/t8?,9?,12-,13-/m0/s1. The Labute approximate surface area is 144 Å². The van der Waals surface area contributed by atoms with Gasteiger partial charge in [-0.3, -0.25) is 4.79 Å². The minimum Gasteiger partial charge on any atom is -0.481 e. The van der Waals surface area contributed by atoms with Crippen molar-refractivity contribution in [3.8, 4) is 5.88 Å². The number of carbonyl (C=O) groups is 1. The van der Waals surface area contributed by atoms with Crippen molar-refractivity contribution < 1.29 is 14.6 Å². The van der Waals surface area contributed by atoms with Gasteiger partial charge in [-0.05, 0) is 55.2 Å². The van der Waals surface area contributed by atoms with Gasteiger partial charge in [0.15, 0.2) is 5.82 Å². The van der Waals surface area contributed by atoms with Gasteiger partial charge in [0, 0.05) is 12.1 Å². The van der Waals surface area contributed by atoms with Gasteiger partial charge in [-0.1, -0.05) is 0 Å². The van der Waals surface area contributed by atoms with Gasteiger partial charge in [0.05, 0.1) is 13.0 Å². The third kappa shape index (κ3) is 2.38. The first-order chi connectivity index (χ1) is 11.6. The second-order valence-electron chi connectivity index (χ2n) is 6.61. The molecule has 128 valence electrons. The number of rotatable bonds is 4. The molecule has 2 N–H and O–H groups in total. The van der Waals surface area contributed by atoms with Crippen molar-refractivity contribution >= 4 is 28.9 Å². The molecule has 2 heterocycles. The maximum atomic E-state index is 11.8. The highest BCUT2D eigenvalue weighted by Crippen LogP contribution is 2.46. The molecule has 7 nitrogen and oxygen atoms in total. The van der Waals surface area contributed by atoms with Crippen LogP contribution >= 0.6 is 11.6 Å². The average molecular weight is 351 g/mol. The first-order valence-electron chi connectivity index (χ1n) is 8.17. The Morgan fingerprint density at radius 1 is 1.33 bits per heavy atom. The lowest BCUT2D eigenvalue weighted by molar-refractivity contribution is -0.148. The topological polar surface area (TPSA) is 88.8 Å². The molecule has 0 saturated heterocycles. The number of aromatic nitrogens is 3. The number of anilines is 1. The molecule has 0 aliphatic heterocycles. The lowest BCUT2D eigenvalue weighted by Gasteiger charge is -2.47. The molecule has 2 aromatic heterocycles. The second-order valence-corrected chi connectivity index (χ2v) is 6.95. The fraction of sp³-hybridized carbons (Fsp3) is 0.562. The predicted octanol–water partition coefficient (Wildman–Crippen LogP) is 2.69. The normalized spacial score (nSPS) is 28.9. The molecule has 0 amide bonds. The molecule has 24 heavy (non-hydrogen) atoms. The lowest BCUT2D eigenvalue weighted by Crippen LogP contribution is -2.51. The summed E-state index contributed by atoms with van der Waals surface area (Å²) >= 11 is 6.05. The van der Waals surface area contributed by atoms with E-state index in [1.807, 2.05) is 6.07 Å². The number of fused-ring (bicyclic) bond motifs is 4. The van der Waals surface area contributed by atoms with E-state index in [-0.39, 0.29) is 23.2 Å². The van der Waals surface area contributed by atoms with Crippen LogP contribution in [0.1, 0.15) is 25.7 Å². The van der Waals surface area contributed by atoms with E-state index in [1.165, 1.54) is 0 Å². The quantitative estimate of drug-likeness (QED) is 0.881. The van der Waals surface area contributed by atoms with E-state index in [1.54, 1.807) is 17.7 Å². The van der Waals surface area contributed by atoms with Crippen LogP contribution in [0, 0.1) is 17.8 Å². The molecule has 3 saturated carbocycles. The summed E-state index contributed by atoms with van der Waals surface area (Å²) in [5.41, 5.74) is 0.724. The first-order valence-corrected chi connectivity index (χ1v) is 8.55. The summed E-state index contributed by atoms with van der Waals surface area (Å²) in [4.78, 5) is 16.1. The van der Waals surface area contributed by atoms with Crippen molar-refractivity contribution in [3.05, 3.63) is 17.4 Å². The molecule has 0 aromatic carbocycles. The highest BCUT2D eigenvalue weighted by atomic mass is 35.5. The van der Waals surface area contributed by atoms with E-state index in [4.69, 9.17) is 16.3 Å². The van der Waals surface area contributed by atoms with Gasteiger partial charge in [0.2, 0.25) is 11.2 Å². The van der Waals surface area contributed by atoms with Gasteiger partial charge in [-0.15, -0.1) is 5.10 Å². The molecular weight excluding hydrogens is 332 g/mol. The molecular formula is C16H19ClN4O3. The Morgan fingerprint density at radius 3 is 2.71 bits per heavy atom. The third-order valence-electron chi connectivity index (χ3n) is 5.47. The van der Waals surface area contributed by atoms with Crippen LogP contribution in [0.25, 0.3) is 5.52 Å². The lowest BCUT2D eigenvalue weighted by atomic mass is 9.61. The molecule has 0 spiro atoms. The van der Waals surface area contributed by atoms with Gasteiger partial charge in [0.25, 0.3) is 0 Å². The minimum absolute atomic E-state index is 0.0901. The molecule has 5 rings (SSSR count). The summed E-state index contributed by atoms with van der Waals surface area (Å²) in [6.07, 6.45) is 4.12. The summed E-state index contributed by atoms with van der Waals surface area (Å²) in [5.74, 6) is 0.579. The van der Waals surface area contributed by atoms with E-state index in [0.29, 0.717) is 17.6 Å². The number of methoxy groups -OCH3 is 1. The fourth-order valence-corrected chi connectivity index (χ4v) is 4.54. The summed E-state index contributed by atoms with van der Waals surface area (Å²) < 4.78 is 6.85. The Morgan fingerprint density at radius 2 is 2.04 bits per heavy atom. The van der Waals surface area contributed by atoms with E-state index in [0.717, 1.165) is 31.2 Å². The van der Waals surface area contributed by atoms with E-state index in [9.17, 15) is 9.90 Å². The monoisotopic (exact) mass is 350 g/mol. The highest BCUT2D eigenvalue weighted by molar-refractivity contribution is 6.28. The number of carboxylic acid groups (broad SMARTS) is 1. The van der Waals surface area contributed by atoms with Crippen molar-refractivity contribution in [1.29, 1.82) is 0 Å². The smallest absolute Gasteiger partial charge is 0.308 e. The third-order valence-corrected chi connectivity index (χ3v) is 5.63. The molecule has 0 radical (unpaired) electrons. The van der Waals surface area contributed by atoms with Crippen LogP contribution in [0.5, 0.6) is 5.88 Å². The summed E-state index contributed by atoms with van der Waals surface area (Å²) in [5, 5.41) is 17.3. The van der Waals surface area contributed by atoms with Crippen LogP contribution in [0.2, 0.25) is 5.28 Å². The summed E-state index contributed by atoms with van der Waals surface area (Å²) in [6, 6.07) is 3.49. The number of hydrogen-bond acceptors (Lipinski definition) is 5. The van der Waals surface area contributed by atoms with E-state index in [2.05, 4.69) is 15.4 Å². The van der Waals surface area contributed by atoms with Gasteiger partial charge in [-0.25, -0.2) is 0 Å². The molecule has 3 aliphatic carbocycles. The maximum absolute atomic E-state index is 11.8. The fourth-order valence-electron chi connectivity index (χ4n) is 4.38. The van der Waals surface area contributed by atoms with Crippen molar-refractivity contribution in [1.82, 2.24) is 14.6 Å². The molecule has 8 heteroatoms.